The van der Waals surface area contributed by atoms with E-state index in [1.807, 2.05) is 30.0 Å². The van der Waals surface area contributed by atoms with Gasteiger partial charge < -0.3 is 4.90 Å². The molecule has 2 aromatic carbocycles. The Bertz CT molecular complexity index is 1270. The molecule has 1 aliphatic heterocycles. The Labute approximate surface area is 183 Å². The zero-order valence-corrected chi connectivity index (χ0v) is 17.9. The molecule has 6 nitrogen and oxygen atoms in total. The van der Waals surface area contributed by atoms with Crippen LogP contribution in [0.1, 0.15) is 19.4 Å². The highest BCUT2D eigenvalue weighted by Crippen LogP contribution is 2.35. The van der Waals surface area contributed by atoms with Crippen LogP contribution >= 0.6 is 11.8 Å². The van der Waals surface area contributed by atoms with Crippen molar-refractivity contribution in [1.82, 2.24) is 19.7 Å². The van der Waals surface area contributed by atoms with E-state index in [2.05, 4.69) is 28.1 Å². The second-order valence-electron chi connectivity index (χ2n) is 7.60. The number of anilines is 1. The number of benzene rings is 2. The summed E-state index contributed by atoms with van der Waals surface area (Å²) in [4.78, 5) is 24.0. The van der Waals surface area contributed by atoms with E-state index in [4.69, 9.17) is 0 Å². The average Bonchev–Trinajstić information content (AvgIpc) is 3.35. The highest BCUT2D eigenvalue weighted by atomic mass is 32.2. The summed E-state index contributed by atoms with van der Waals surface area (Å²) in [6, 6.07) is 14.2. The number of nitrogens with zero attached hydrogens (tertiary/aromatic N) is 5. The standard InChI is InChI=1S/C23H20FN5OS/c1-14-11-16-5-3-4-6-20(16)28(14)23(30)15(2)31-22-19-12-27-29(21(19)25-13-26-22)18-9-7-17(24)8-10-18/h3-10,12-15H,11H2,1-2H3/t14-,15-/m0/s1. The van der Waals surface area contributed by atoms with Crippen molar-refractivity contribution in [3.8, 4) is 5.69 Å². The summed E-state index contributed by atoms with van der Waals surface area (Å²) in [6.45, 7) is 3.98. The molecule has 0 radical (unpaired) electrons. The predicted octanol–water partition coefficient (Wildman–Crippen LogP) is 4.41. The van der Waals surface area contributed by atoms with Gasteiger partial charge in [-0.15, -0.1) is 0 Å². The van der Waals surface area contributed by atoms with Crippen molar-refractivity contribution in [2.75, 3.05) is 4.90 Å². The third-order valence-electron chi connectivity index (χ3n) is 5.48. The predicted molar refractivity (Wildman–Crippen MR) is 119 cm³/mol. The number of hydrogen-bond donors (Lipinski definition) is 0. The van der Waals surface area contributed by atoms with Crippen LogP contribution in [-0.4, -0.2) is 36.9 Å². The second-order valence-corrected chi connectivity index (χ2v) is 8.93. The fraction of sp³-hybridized carbons (Fsp3) is 0.217. The van der Waals surface area contributed by atoms with E-state index in [1.54, 1.807) is 23.0 Å². The maximum atomic E-state index is 13.3. The van der Waals surface area contributed by atoms with Gasteiger partial charge in [-0.2, -0.15) is 5.10 Å². The van der Waals surface area contributed by atoms with Gasteiger partial charge in [0.1, 0.15) is 17.2 Å². The molecule has 0 saturated carbocycles. The van der Waals surface area contributed by atoms with Gasteiger partial charge in [0.15, 0.2) is 5.65 Å². The maximum absolute atomic E-state index is 13.3. The molecule has 2 atom stereocenters. The van der Waals surface area contributed by atoms with E-state index in [0.717, 1.165) is 17.5 Å². The second kappa shape index (κ2) is 7.77. The Morgan fingerprint density at radius 3 is 2.74 bits per heavy atom. The fourth-order valence-corrected chi connectivity index (χ4v) is 4.93. The first-order valence-corrected chi connectivity index (χ1v) is 10.9. The number of carbonyl (C=O) groups is 1. The maximum Gasteiger partial charge on any atom is 0.240 e. The number of aromatic nitrogens is 4. The number of thioether (sulfide) groups is 1. The zero-order valence-electron chi connectivity index (χ0n) is 17.1. The lowest BCUT2D eigenvalue weighted by molar-refractivity contribution is -0.118. The summed E-state index contributed by atoms with van der Waals surface area (Å²) in [5.74, 6) is -0.253. The fourth-order valence-electron chi connectivity index (χ4n) is 4.00. The van der Waals surface area contributed by atoms with Crippen molar-refractivity contribution in [2.24, 2.45) is 0 Å². The molecular formula is C23H20FN5OS. The number of amides is 1. The largest absolute Gasteiger partial charge is 0.308 e. The van der Waals surface area contributed by atoms with Gasteiger partial charge in [-0.1, -0.05) is 30.0 Å². The number of carbonyl (C=O) groups excluding carboxylic acids is 1. The summed E-state index contributed by atoms with van der Waals surface area (Å²) in [5, 5.41) is 5.53. The Balaban J connectivity index is 1.43. The average molecular weight is 434 g/mol. The van der Waals surface area contributed by atoms with Gasteiger partial charge in [-0.05, 0) is 56.2 Å². The Hall–Kier alpha value is -3.26. The van der Waals surface area contributed by atoms with Crippen LogP contribution in [0.15, 0.2) is 66.1 Å². The van der Waals surface area contributed by atoms with Crippen molar-refractivity contribution >= 4 is 34.4 Å². The summed E-state index contributed by atoms with van der Waals surface area (Å²) < 4.78 is 14.9. The first-order chi connectivity index (χ1) is 15.0. The van der Waals surface area contributed by atoms with Crippen molar-refractivity contribution in [1.29, 1.82) is 0 Å². The third kappa shape index (κ3) is 3.46. The number of hydrogen-bond acceptors (Lipinski definition) is 5. The lowest BCUT2D eigenvalue weighted by atomic mass is 10.1. The number of para-hydroxylation sites is 1. The van der Waals surface area contributed by atoms with Crippen LogP contribution in [0.3, 0.4) is 0 Å². The van der Waals surface area contributed by atoms with Crippen LogP contribution in [0.25, 0.3) is 16.7 Å². The molecule has 0 unspecified atom stereocenters. The van der Waals surface area contributed by atoms with Crippen LogP contribution in [0.4, 0.5) is 10.1 Å². The Morgan fingerprint density at radius 1 is 1.16 bits per heavy atom. The molecule has 0 aliphatic carbocycles. The van der Waals surface area contributed by atoms with E-state index < -0.39 is 0 Å². The summed E-state index contributed by atoms with van der Waals surface area (Å²) >= 11 is 1.40. The molecular weight excluding hydrogens is 413 g/mol. The van der Waals surface area contributed by atoms with Gasteiger partial charge in [-0.3, -0.25) is 4.79 Å². The van der Waals surface area contributed by atoms with Gasteiger partial charge >= 0.3 is 0 Å². The zero-order chi connectivity index (χ0) is 21.5. The van der Waals surface area contributed by atoms with E-state index in [0.29, 0.717) is 16.4 Å². The minimum absolute atomic E-state index is 0.0557. The van der Waals surface area contributed by atoms with Crippen LogP contribution in [0, 0.1) is 5.82 Å². The molecule has 0 spiro atoms. The quantitative estimate of drug-likeness (QED) is 0.352. The molecule has 5 rings (SSSR count). The highest BCUT2D eigenvalue weighted by Gasteiger charge is 2.33. The van der Waals surface area contributed by atoms with Crippen LogP contribution in [0.2, 0.25) is 0 Å². The summed E-state index contributed by atoms with van der Waals surface area (Å²) in [7, 11) is 0. The van der Waals surface area contributed by atoms with Gasteiger partial charge in [-0.25, -0.2) is 19.0 Å². The SMILES string of the molecule is C[C@H](Sc1ncnc2c1cnn2-c1ccc(F)cc1)C(=O)N1c2ccccc2C[C@@H]1C. The lowest BCUT2D eigenvalue weighted by Gasteiger charge is -2.25. The van der Waals surface area contributed by atoms with Crippen LogP contribution in [-0.2, 0) is 11.2 Å². The molecule has 8 heteroatoms. The first-order valence-electron chi connectivity index (χ1n) is 10.0. The van der Waals surface area contributed by atoms with E-state index in [-0.39, 0.29) is 23.0 Å². The smallest absolute Gasteiger partial charge is 0.240 e. The first kappa shape index (κ1) is 19.7. The van der Waals surface area contributed by atoms with E-state index in [9.17, 15) is 9.18 Å². The van der Waals surface area contributed by atoms with Gasteiger partial charge in [0.2, 0.25) is 5.91 Å². The minimum Gasteiger partial charge on any atom is -0.308 e. The summed E-state index contributed by atoms with van der Waals surface area (Å²) in [6.07, 6.45) is 4.02. The molecule has 0 fully saturated rings. The Kier molecular flexibility index (Phi) is 4.94. The minimum atomic E-state index is -0.333. The number of halogens is 1. The normalized spacial score (nSPS) is 16.5. The lowest BCUT2D eigenvalue weighted by Crippen LogP contribution is -2.40. The monoisotopic (exact) mass is 433 g/mol. The van der Waals surface area contributed by atoms with E-state index >= 15 is 0 Å². The molecule has 156 valence electrons. The molecule has 1 aliphatic rings. The molecule has 0 bridgehead atoms. The molecule has 1 amide bonds. The molecule has 3 heterocycles. The van der Waals surface area contributed by atoms with Crippen molar-refractivity contribution in [3.63, 3.8) is 0 Å². The highest BCUT2D eigenvalue weighted by molar-refractivity contribution is 8.00. The van der Waals surface area contributed by atoms with Gasteiger partial charge in [0.25, 0.3) is 0 Å². The molecule has 4 aromatic rings. The number of fused-ring (bicyclic) bond motifs is 2. The topological polar surface area (TPSA) is 63.9 Å². The van der Waals surface area contributed by atoms with Gasteiger partial charge in [0.05, 0.1) is 22.5 Å². The third-order valence-corrected chi connectivity index (χ3v) is 6.59. The van der Waals surface area contributed by atoms with Crippen molar-refractivity contribution < 1.29 is 9.18 Å². The van der Waals surface area contributed by atoms with Crippen molar-refractivity contribution in [3.05, 3.63) is 72.4 Å². The Morgan fingerprint density at radius 2 is 1.94 bits per heavy atom. The summed E-state index contributed by atoms with van der Waals surface area (Å²) in [5.41, 5.74) is 3.51. The van der Waals surface area contributed by atoms with Crippen LogP contribution in [0.5, 0.6) is 0 Å². The molecule has 2 aromatic heterocycles. The van der Waals surface area contributed by atoms with E-state index in [1.165, 1.54) is 35.8 Å². The van der Waals surface area contributed by atoms with Crippen LogP contribution < -0.4 is 4.90 Å². The molecule has 31 heavy (non-hydrogen) atoms. The molecule has 0 saturated heterocycles. The molecule has 0 N–H and O–H groups in total. The van der Waals surface area contributed by atoms with Crippen molar-refractivity contribution in [2.45, 2.75) is 36.6 Å². The number of rotatable bonds is 4. The van der Waals surface area contributed by atoms with Gasteiger partial charge in [0, 0.05) is 11.7 Å².